The van der Waals surface area contributed by atoms with Crippen molar-refractivity contribution in [2.24, 2.45) is 0 Å². The van der Waals surface area contributed by atoms with Gasteiger partial charge in [-0.1, -0.05) is 0 Å². The first-order chi connectivity index (χ1) is 11.0. The molecule has 0 aliphatic carbocycles. The lowest BCUT2D eigenvalue weighted by molar-refractivity contribution is 0.0832. The number of nitrogens with zero attached hydrogens (tertiary/aromatic N) is 4. The van der Waals surface area contributed by atoms with E-state index < -0.39 is 0 Å². The molecular formula is C14H18N6O2S. The van der Waals surface area contributed by atoms with Crippen molar-refractivity contribution >= 4 is 39.9 Å². The number of carbonyl (C=O) groups excluding carboxylic acids is 2. The average Bonchev–Trinajstić information content (AvgIpc) is 3.20. The van der Waals surface area contributed by atoms with Crippen molar-refractivity contribution in [3.05, 3.63) is 23.1 Å². The van der Waals surface area contributed by atoms with E-state index >= 15 is 0 Å². The van der Waals surface area contributed by atoms with Crippen molar-refractivity contribution in [1.29, 1.82) is 0 Å². The molecule has 1 aliphatic rings. The molecule has 8 nitrogen and oxygen atoms in total. The van der Waals surface area contributed by atoms with Crippen molar-refractivity contribution in [2.75, 3.05) is 37.9 Å². The van der Waals surface area contributed by atoms with E-state index in [4.69, 9.17) is 0 Å². The Hall–Kier alpha value is -2.55. The molecule has 2 aromatic rings. The van der Waals surface area contributed by atoms with E-state index in [1.54, 1.807) is 26.0 Å². The summed E-state index contributed by atoms with van der Waals surface area (Å²) in [5.74, 6) is 1.41. The van der Waals surface area contributed by atoms with Crippen molar-refractivity contribution in [1.82, 2.24) is 20.0 Å². The predicted octanol–water partition coefficient (Wildman–Crippen LogP) is 1.55. The van der Waals surface area contributed by atoms with Gasteiger partial charge in [0.1, 0.15) is 5.82 Å². The maximum absolute atomic E-state index is 12.0. The van der Waals surface area contributed by atoms with E-state index in [0.29, 0.717) is 10.7 Å². The molecule has 0 radical (unpaired) electrons. The molecule has 3 amide bonds. The van der Waals surface area contributed by atoms with E-state index in [0.717, 1.165) is 23.9 Å². The summed E-state index contributed by atoms with van der Waals surface area (Å²) in [6, 6.07) is 5.31. The third-order valence-corrected chi connectivity index (χ3v) is 4.61. The van der Waals surface area contributed by atoms with Gasteiger partial charge in [-0.15, -0.1) is 11.3 Å². The number of thiophene rings is 1. The Kier molecular flexibility index (Phi) is 3.95. The second-order valence-corrected chi connectivity index (χ2v) is 6.37. The van der Waals surface area contributed by atoms with Crippen molar-refractivity contribution < 1.29 is 9.59 Å². The minimum atomic E-state index is -0.302. The highest BCUT2D eigenvalue weighted by atomic mass is 32.1. The van der Waals surface area contributed by atoms with Crippen LogP contribution in [0, 0.1) is 0 Å². The fraction of sp³-hybridized carbons (Fsp3) is 0.357. The van der Waals surface area contributed by atoms with Crippen molar-refractivity contribution in [3.63, 3.8) is 0 Å². The van der Waals surface area contributed by atoms with E-state index in [2.05, 4.69) is 20.6 Å². The molecule has 3 heterocycles. The summed E-state index contributed by atoms with van der Waals surface area (Å²) >= 11 is 1.45. The molecule has 2 N–H and O–H groups in total. The molecule has 0 aromatic carbocycles. The van der Waals surface area contributed by atoms with Gasteiger partial charge in [-0.25, -0.2) is 9.48 Å². The van der Waals surface area contributed by atoms with Gasteiger partial charge in [0.25, 0.3) is 5.91 Å². The Morgan fingerprint density at radius 2 is 2.09 bits per heavy atom. The standard InChI is InChI=1S/C14H18N6O2S/c1-15-14(22)16-10-8-11-19(6-7-20(11)17-10)12-5-4-9(23-12)13(21)18(2)3/h4-5,8H,6-7H2,1-3H3,(H2,15,16,17,22). The molecule has 0 spiro atoms. The molecule has 0 fully saturated rings. The first-order valence-corrected chi connectivity index (χ1v) is 7.97. The Balaban J connectivity index is 1.82. The number of fused-ring (bicyclic) bond motifs is 1. The SMILES string of the molecule is CNC(=O)Nc1cc2n(n1)CCN2c1ccc(C(=O)N(C)C)s1. The molecule has 0 saturated carbocycles. The molecular weight excluding hydrogens is 316 g/mol. The number of hydrogen-bond donors (Lipinski definition) is 2. The minimum absolute atomic E-state index is 0.00377. The topological polar surface area (TPSA) is 82.5 Å². The zero-order chi connectivity index (χ0) is 16.6. The highest BCUT2D eigenvalue weighted by Crippen LogP contribution is 2.36. The highest BCUT2D eigenvalue weighted by Gasteiger charge is 2.25. The van der Waals surface area contributed by atoms with Crippen molar-refractivity contribution in [2.45, 2.75) is 6.54 Å². The molecule has 0 atom stereocenters. The van der Waals surface area contributed by atoms with Gasteiger partial charge in [-0.3, -0.25) is 10.1 Å². The van der Waals surface area contributed by atoms with Crippen LogP contribution in [0.3, 0.4) is 0 Å². The van der Waals surface area contributed by atoms with Crippen LogP contribution in [0.15, 0.2) is 18.2 Å². The molecule has 0 bridgehead atoms. The van der Waals surface area contributed by atoms with E-state index in [9.17, 15) is 9.59 Å². The molecule has 2 aromatic heterocycles. The molecule has 0 unspecified atom stereocenters. The van der Waals surface area contributed by atoms with E-state index in [-0.39, 0.29) is 11.9 Å². The Morgan fingerprint density at radius 1 is 1.30 bits per heavy atom. The van der Waals surface area contributed by atoms with Crippen LogP contribution in [0.25, 0.3) is 0 Å². The summed E-state index contributed by atoms with van der Waals surface area (Å²) in [7, 11) is 5.03. The Bertz CT molecular complexity index is 750. The monoisotopic (exact) mass is 334 g/mol. The number of anilines is 3. The summed E-state index contributed by atoms with van der Waals surface area (Å²) < 4.78 is 1.85. The smallest absolute Gasteiger partial charge is 0.320 e. The second kappa shape index (κ2) is 5.92. The molecule has 23 heavy (non-hydrogen) atoms. The van der Waals surface area contributed by atoms with Gasteiger partial charge in [0, 0.05) is 33.8 Å². The zero-order valence-corrected chi connectivity index (χ0v) is 14.0. The maximum atomic E-state index is 12.0. The largest absolute Gasteiger partial charge is 0.344 e. The number of nitrogens with one attached hydrogen (secondary N) is 2. The number of aromatic nitrogens is 2. The normalized spacial score (nSPS) is 12.9. The fourth-order valence-corrected chi connectivity index (χ4v) is 3.43. The van der Waals surface area contributed by atoms with Gasteiger partial charge in [-0.2, -0.15) is 5.10 Å². The molecule has 9 heteroatoms. The molecule has 1 aliphatic heterocycles. The van der Waals surface area contributed by atoms with Gasteiger partial charge >= 0.3 is 6.03 Å². The Morgan fingerprint density at radius 3 is 2.78 bits per heavy atom. The number of carbonyl (C=O) groups is 2. The second-order valence-electron chi connectivity index (χ2n) is 5.30. The molecule has 122 valence electrons. The number of urea groups is 1. The number of hydrogen-bond acceptors (Lipinski definition) is 5. The summed E-state index contributed by atoms with van der Waals surface area (Å²) in [6.07, 6.45) is 0. The molecule has 0 saturated heterocycles. The average molecular weight is 334 g/mol. The third-order valence-electron chi connectivity index (χ3n) is 3.51. The van der Waals surface area contributed by atoms with Gasteiger partial charge in [0.2, 0.25) is 0 Å². The number of amides is 3. The first-order valence-electron chi connectivity index (χ1n) is 7.15. The summed E-state index contributed by atoms with van der Waals surface area (Å²) in [5, 5.41) is 10.5. The first kappa shape index (κ1) is 15.3. The van der Waals surface area contributed by atoms with Gasteiger partial charge in [-0.05, 0) is 12.1 Å². The quantitative estimate of drug-likeness (QED) is 0.892. The van der Waals surface area contributed by atoms with Crippen LogP contribution in [0.1, 0.15) is 9.67 Å². The third kappa shape index (κ3) is 2.87. The predicted molar refractivity (Wildman–Crippen MR) is 89.6 cm³/mol. The maximum Gasteiger partial charge on any atom is 0.320 e. The zero-order valence-electron chi connectivity index (χ0n) is 13.2. The highest BCUT2D eigenvalue weighted by molar-refractivity contribution is 7.18. The lowest BCUT2D eigenvalue weighted by Crippen LogP contribution is -2.24. The van der Waals surface area contributed by atoms with Crippen LogP contribution in [-0.4, -0.2) is 54.3 Å². The lowest BCUT2D eigenvalue weighted by atomic mass is 10.4. The van der Waals surface area contributed by atoms with Gasteiger partial charge < -0.3 is 15.1 Å². The van der Waals surface area contributed by atoms with Crippen LogP contribution in [-0.2, 0) is 6.54 Å². The van der Waals surface area contributed by atoms with E-state index in [1.165, 1.54) is 11.3 Å². The van der Waals surface area contributed by atoms with Gasteiger partial charge in [0.15, 0.2) is 5.82 Å². The van der Waals surface area contributed by atoms with Crippen LogP contribution < -0.4 is 15.5 Å². The fourth-order valence-electron chi connectivity index (χ4n) is 2.37. The summed E-state index contributed by atoms with van der Waals surface area (Å²) in [5.41, 5.74) is 0. The van der Waals surface area contributed by atoms with Crippen LogP contribution in [0.2, 0.25) is 0 Å². The van der Waals surface area contributed by atoms with Crippen LogP contribution >= 0.6 is 11.3 Å². The van der Waals surface area contributed by atoms with Crippen molar-refractivity contribution in [3.8, 4) is 0 Å². The minimum Gasteiger partial charge on any atom is -0.344 e. The summed E-state index contributed by atoms with van der Waals surface area (Å²) in [6.45, 7) is 1.53. The number of rotatable bonds is 3. The van der Waals surface area contributed by atoms with Crippen LogP contribution in [0.4, 0.5) is 21.4 Å². The Labute approximate surface area is 137 Å². The van der Waals surface area contributed by atoms with Crippen LogP contribution in [0.5, 0.6) is 0 Å². The summed E-state index contributed by atoms with van der Waals surface area (Å²) in [4.78, 5) is 27.8. The van der Waals surface area contributed by atoms with Gasteiger partial charge in [0.05, 0.1) is 16.4 Å². The van der Waals surface area contributed by atoms with E-state index in [1.807, 2.05) is 22.9 Å². The lowest BCUT2D eigenvalue weighted by Gasteiger charge is -2.14. The molecule has 3 rings (SSSR count).